The average molecular weight is 369 g/mol. The van der Waals surface area contributed by atoms with Crippen molar-refractivity contribution in [2.45, 2.75) is 25.7 Å². The van der Waals surface area contributed by atoms with Crippen molar-refractivity contribution in [3.8, 4) is 0 Å². The molecule has 2 aromatic rings. The van der Waals surface area contributed by atoms with Crippen molar-refractivity contribution < 1.29 is 14.0 Å². The molecule has 6 nitrogen and oxygen atoms in total. The van der Waals surface area contributed by atoms with Gasteiger partial charge in [0.1, 0.15) is 12.3 Å². The third-order valence-electron chi connectivity index (χ3n) is 4.90. The molecule has 0 spiro atoms. The number of hydrogen-bond donors (Lipinski definition) is 1. The monoisotopic (exact) mass is 369 g/mol. The summed E-state index contributed by atoms with van der Waals surface area (Å²) in [6.45, 7) is 4.68. The van der Waals surface area contributed by atoms with Crippen molar-refractivity contribution in [1.29, 1.82) is 0 Å². The second-order valence-electron chi connectivity index (χ2n) is 6.80. The lowest BCUT2D eigenvalue weighted by atomic mass is 9.93. The second kappa shape index (κ2) is 9.26. The van der Waals surface area contributed by atoms with E-state index < -0.39 is 0 Å². The van der Waals surface area contributed by atoms with Gasteiger partial charge in [-0.25, -0.2) is 4.79 Å². The van der Waals surface area contributed by atoms with Crippen molar-refractivity contribution in [2.24, 2.45) is 0 Å². The summed E-state index contributed by atoms with van der Waals surface area (Å²) in [7, 11) is 0. The molecule has 144 valence electrons. The summed E-state index contributed by atoms with van der Waals surface area (Å²) in [6, 6.07) is 13.8. The molecule has 1 aromatic heterocycles. The molecule has 0 unspecified atom stereocenters. The molecule has 1 atom stereocenters. The highest BCUT2D eigenvalue weighted by atomic mass is 16.3. The molecule has 1 N–H and O–H groups in total. The van der Waals surface area contributed by atoms with Crippen molar-refractivity contribution in [2.75, 3.05) is 32.7 Å². The number of hydrogen-bond acceptors (Lipinski definition) is 3. The molecule has 0 bridgehead atoms. The van der Waals surface area contributed by atoms with Gasteiger partial charge in [0, 0.05) is 32.1 Å². The Labute approximate surface area is 160 Å². The summed E-state index contributed by atoms with van der Waals surface area (Å²) in [5.74, 6) is 0.999. The summed E-state index contributed by atoms with van der Waals surface area (Å²) in [5.41, 5.74) is 1.16. The summed E-state index contributed by atoms with van der Waals surface area (Å²) in [5, 5.41) is 2.96. The minimum atomic E-state index is -0.175. The lowest BCUT2D eigenvalue weighted by molar-refractivity contribution is -0.134. The maximum Gasteiger partial charge on any atom is 0.317 e. The predicted octanol–water partition coefficient (Wildman–Crippen LogP) is 3.07. The van der Waals surface area contributed by atoms with E-state index >= 15 is 0 Å². The van der Waals surface area contributed by atoms with Crippen LogP contribution in [0.1, 0.15) is 37.0 Å². The molecule has 2 heterocycles. The Balaban J connectivity index is 1.53. The van der Waals surface area contributed by atoms with Crippen molar-refractivity contribution in [1.82, 2.24) is 15.1 Å². The minimum absolute atomic E-state index is 0.0241. The van der Waals surface area contributed by atoms with Gasteiger partial charge in [0.25, 0.3) is 0 Å². The third-order valence-corrected chi connectivity index (χ3v) is 4.90. The van der Waals surface area contributed by atoms with Gasteiger partial charge in [-0.2, -0.15) is 0 Å². The van der Waals surface area contributed by atoms with E-state index in [1.165, 1.54) is 0 Å². The number of urea groups is 1. The molecule has 27 heavy (non-hydrogen) atoms. The lowest BCUT2D eigenvalue weighted by Crippen LogP contribution is -2.54. The van der Waals surface area contributed by atoms with E-state index in [2.05, 4.69) is 24.4 Å². The first-order chi connectivity index (χ1) is 13.2. The predicted molar refractivity (Wildman–Crippen MR) is 103 cm³/mol. The molecule has 0 radical (unpaired) electrons. The van der Waals surface area contributed by atoms with Crippen LogP contribution in [0.5, 0.6) is 0 Å². The van der Waals surface area contributed by atoms with Crippen LogP contribution in [0.2, 0.25) is 0 Å². The van der Waals surface area contributed by atoms with Crippen LogP contribution >= 0.6 is 0 Å². The lowest BCUT2D eigenvalue weighted by Gasteiger charge is -2.34. The highest BCUT2D eigenvalue weighted by molar-refractivity contribution is 5.85. The van der Waals surface area contributed by atoms with E-state index in [1.807, 2.05) is 35.2 Å². The quantitative estimate of drug-likeness (QED) is 0.816. The SMILES string of the molecule is CCCN1CCN(C(=O)NCC[C@@H](c2ccccc2)c2ccco2)CC1=O. The van der Waals surface area contributed by atoms with E-state index in [-0.39, 0.29) is 24.4 Å². The van der Waals surface area contributed by atoms with Gasteiger partial charge in [0.15, 0.2) is 0 Å². The molecule has 0 saturated carbocycles. The van der Waals surface area contributed by atoms with Gasteiger partial charge in [-0.1, -0.05) is 37.3 Å². The van der Waals surface area contributed by atoms with E-state index in [0.29, 0.717) is 19.6 Å². The molecule has 3 rings (SSSR count). The van der Waals surface area contributed by atoms with Gasteiger partial charge >= 0.3 is 6.03 Å². The minimum Gasteiger partial charge on any atom is -0.469 e. The van der Waals surface area contributed by atoms with Crippen LogP contribution in [-0.4, -0.2) is 54.5 Å². The number of benzene rings is 1. The zero-order chi connectivity index (χ0) is 19.1. The van der Waals surface area contributed by atoms with E-state index in [4.69, 9.17) is 4.42 Å². The Morgan fingerprint density at radius 3 is 2.67 bits per heavy atom. The molecule has 1 aliphatic rings. The van der Waals surface area contributed by atoms with Crippen molar-refractivity contribution in [3.05, 3.63) is 60.1 Å². The normalized spacial score (nSPS) is 15.7. The van der Waals surface area contributed by atoms with Crippen molar-refractivity contribution in [3.63, 3.8) is 0 Å². The van der Waals surface area contributed by atoms with Gasteiger partial charge in [-0.3, -0.25) is 4.79 Å². The number of carbonyl (C=O) groups is 2. The van der Waals surface area contributed by atoms with Gasteiger partial charge in [0.05, 0.1) is 6.26 Å². The number of rotatable bonds is 7. The largest absolute Gasteiger partial charge is 0.469 e. The number of nitrogens with zero attached hydrogens (tertiary/aromatic N) is 2. The zero-order valence-electron chi connectivity index (χ0n) is 15.8. The third kappa shape index (κ3) is 4.90. The highest BCUT2D eigenvalue weighted by Gasteiger charge is 2.26. The van der Waals surface area contributed by atoms with Crippen LogP contribution in [0.3, 0.4) is 0 Å². The molecule has 3 amide bonds. The zero-order valence-corrected chi connectivity index (χ0v) is 15.8. The smallest absolute Gasteiger partial charge is 0.317 e. The van der Waals surface area contributed by atoms with Crippen LogP contribution < -0.4 is 5.32 Å². The number of carbonyl (C=O) groups excluding carboxylic acids is 2. The first-order valence-electron chi connectivity index (χ1n) is 9.58. The second-order valence-corrected chi connectivity index (χ2v) is 6.80. The topological polar surface area (TPSA) is 65.8 Å². The van der Waals surface area contributed by atoms with E-state index in [1.54, 1.807) is 11.2 Å². The summed E-state index contributed by atoms with van der Waals surface area (Å²) < 4.78 is 5.60. The first-order valence-corrected chi connectivity index (χ1v) is 9.58. The van der Waals surface area contributed by atoms with Crippen LogP contribution in [-0.2, 0) is 4.79 Å². The molecular formula is C21H27N3O3. The summed E-state index contributed by atoms with van der Waals surface area (Å²) >= 11 is 0. The average Bonchev–Trinajstić information content (AvgIpc) is 3.22. The number of piperazine rings is 1. The Morgan fingerprint density at radius 1 is 1.19 bits per heavy atom. The fraction of sp³-hybridized carbons (Fsp3) is 0.429. The fourth-order valence-electron chi connectivity index (χ4n) is 3.47. The van der Waals surface area contributed by atoms with Crippen LogP contribution in [0, 0.1) is 0 Å². The summed E-state index contributed by atoms with van der Waals surface area (Å²) in [4.78, 5) is 28.0. The maximum atomic E-state index is 12.4. The molecule has 6 heteroatoms. The van der Waals surface area contributed by atoms with E-state index in [9.17, 15) is 9.59 Å². The molecule has 1 aliphatic heterocycles. The fourth-order valence-corrected chi connectivity index (χ4v) is 3.47. The number of amides is 3. The molecular weight excluding hydrogens is 342 g/mol. The molecule has 1 aromatic carbocycles. The van der Waals surface area contributed by atoms with Crippen LogP contribution in [0.15, 0.2) is 53.1 Å². The maximum absolute atomic E-state index is 12.4. The van der Waals surface area contributed by atoms with Gasteiger partial charge in [-0.15, -0.1) is 0 Å². The molecule has 1 saturated heterocycles. The number of nitrogens with one attached hydrogen (secondary N) is 1. The first kappa shape index (κ1) is 19.0. The van der Waals surface area contributed by atoms with Gasteiger partial charge in [-0.05, 0) is 30.5 Å². The highest BCUT2D eigenvalue weighted by Crippen LogP contribution is 2.27. The van der Waals surface area contributed by atoms with Crippen LogP contribution in [0.4, 0.5) is 4.79 Å². The Kier molecular flexibility index (Phi) is 6.52. The van der Waals surface area contributed by atoms with Gasteiger partial charge in [0.2, 0.25) is 5.91 Å². The number of furan rings is 1. The Hall–Kier alpha value is -2.76. The van der Waals surface area contributed by atoms with Crippen LogP contribution in [0.25, 0.3) is 0 Å². The standard InChI is InChI=1S/C21H27N3O3/c1-2-12-23-13-14-24(16-20(23)25)21(26)22-11-10-18(19-9-6-15-27-19)17-7-4-3-5-8-17/h3-9,15,18H,2,10-14,16H2,1H3,(H,22,26)/t18-/m0/s1. The molecule has 0 aliphatic carbocycles. The van der Waals surface area contributed by atoms with Crippen molar-refractivity contribution >= 4 is 11.9 Å². The Morgan fingerprint density at radius 2 is 2.00 bits per heavy atom. The summed E-state index contributed by atoms with van der Waals surface area (Å²) in [6.07, 6.45) is 3.34. The van der Waals surface area contributed by atoms with E-state index in [0.717, 1.165) is 30.7 Å². The van der Waals surface area contributed by atoms with Gasteiger partial charge < -0.3 is 19.5 Å². The molecule has 1 fully saturated rings. The Bertz CT molecular complexity index is 730.